The summed E-state index contributed by atoms with van der Waals surface area (Å²) in [7, 11) is -7.61. The Hall–Kier alpha value is -2.34. The summed E-state index contributed by atoms with van der Waals surface area (Å²) in [4.78, 5) is 12.9. The van der Waals surface area contributed by atoms with Crippen molar-refractivity contribution < 1.29 is 21.6 Å². The number of amides is 1. The van der Waals surface area contributed by atoms with Crippen LogP contribution < -0.4 is 10.0 Å². The normalized spacial score (nSPS) is 16.7. The zero-order valence-corrected chi connectivity index (χ0v) is 23.8. The summed E-state index contributed by atoms with van der Waals surface area (Å²) < 4.78 is 55.2. The molecule has 0 saturated carbocycles. The SMILES string of the molecule is O=C(Nc1ccc(S(=O)(=O)Nc2ccccc2Cl)cc1)[C@@H]1CCCN(S(=O)(=O)Cc2ccc(Cl)cc2Cl)C1. The van der Waals surface area contributed by atoms with Crippen molar-refractivity contribution in [2.45, 2.75) is 23.5 Å². The first-order chi connectivity index (χ1) is 17.9. The lowest BCUT2D eigenvalue weighted by Gasteiger charge is -2.31. The summed E-state index contributed by atoms with van der Waals surface area (Å²) in [5.74, 6) is -1.21. The van der Waals surface area contributed by atoms with Crippen LogP contribution in [-0.2, 0) is 30.6 Å². The van der Waals surface area contributed by atoms with Gasteiger partial charge in [-0.15, -0.1) is 0 Å². The van der Waals surface area contributed by atoms with Crippen LogP contribution in [0, 0.1) is 5.92 Å². The van der Waals surface area contributed by atoms with E-state index >= 15 is 0 Å². The van der Waals surface area contributed by atoms with Gasteiger partial charge in [0.05, 0.1) is 27.3 Å². The number of halogens is 3. The molecule has 0 radical (unpaired) electrons. The Bertz CT molecular complexity index is 1550. The first kappa shape index (κ1) is 28.7. The van der Waals surface area contributed by atoms with Crippen LogP contribution in [0.1, 0.15) is 18.4 Å². The molecule has 4 rings (SSSR count). The lowest BCUT2D eigenvalue weighted by atomic mass is 9.99. The summed E-state index contributed by atoms with van der Waals surface area (Å²) in [6.07, 6.45) is 1.05. The van der Waals surface area contributed by atoms with Crippen molar-refractivity contribution in [3.05, 3.63) is 87.4 Å². The maximum atomic E-state index is 13.0. The average Bonchev–Trinajstić information content (AvgIpc) is 2.87. The number of rotatable bonds is 8. The van der Waals surface area contributed by atoms with Crippen molar-refractivity contribution >= 4 is 72.1 Å². The van der Waals surface area contributed by atoms with Crippen LogP contribution >= 0.6 is 34.8 Å². The quantitative estimate of drug-likeness (QED) is 0.341. The molecule has 38 heavy (non-hydrogen) atoms. The molecule has 202 valence electrons. The standard InChI is InChI=1S/C25H24Cl3N3O5S2/c26-19-8-7-18(23(28)14-19)16-37(33,34)31-13-3-4-17(15-31)25(32)29-20-9-11-21(12-10-20)38(35,36)30-24-6-2-1-5-22(24)27/h1-2,5-12,14,17,30H,3-4,13,15-16H2,(H,29,32)/t17-/m1/s1. The summed E-state index contributed by atoms with van der Waals surface area (Å²) in [5.41, 5.74) is 1.07. The molecule has 0 aliphatic carbocycles. The molecule has 1 saturated heterocycles. The van der Waals surface area contributed by atoms with E-state index in [9.17, 15) is 21.6 Å². The van der Waals surface area contributed by atoms with E-state index in [1.807, 2.05) is 0 Å². The molecule has 8 nitrogen and oxygen atoms in total. The van der Waals surface area contributed by atoms with Crippen LogP contribution in [0.25, 0.3) is 0 Å². The largest absolute Gasteiger partial charge is 0.326 e. The predicted octanol–water partition coefficient (Wildman–Crippen LogP) is 5.63. The van der Waals surface area contributed by atoms with Gasteiger partial charge in [0.15, 0.2) is 0 Å². The number of sulfonamides is 2. The van der Waals surface area contributed by atoms with Crippen LogP contribution in [-0.4, -0.2) is 40.1 Å². The molecule has 0 spiro atoms. The van der Waals surface area contributed by atoms with E-state index in [0.717, 1.165) is 0 Å². The van der Waals surface area contributed by atoms with Crippen molar-refractivity contribution in [2.24, 2.45) is 5.92 Å². The molecule has 1 aliphatic heterocycles. The van der Waals surface area contributed by atoms with Crippen molar-refractivity contribution in [2.75, 3.05) is 23.1 Å². The second-order valence-electron chi connectivity index (χ2n) is 8.79. The molecule has 13 heteroatoms. The molecule has 0 aromatic heterocycles. The van der Waals surface area contributed by atoms with Gasteiger partial charge in [0.1, 0.15) is 0 Å². The highest BCUT2D eigenvalue weighted by Crippen LogP contribution is 2.28. The molecule has 1 heterocycles. The fourth-order valence-corrected chi connectivity index (χ4v) is 7.56. The maximum Gasteiger partial charge on any atom is 0.261 e. The third-order valence-corrected chi connectivity index (χ3v) is 10.1. The molecule has 1 amide bonds. The summed E-state index contributed by atoms with van der Waals surface area (Å²) in [6.45, 7) is 0.343. The fourth-order valence-electron chi connectivity index (χ4n) is 4.05. The highest BCUT2D eigenvalue weighted by Gasteiger charge is 2.33. The Labute approximate surface area is 237 Å². The minimum absolute atomic E-state index is 0.00814. The van der Waals surface area contributed by atoms with Crippen LogP contribution in [0.2, 0.25) is 15.1 Å². The smallest absolute Gasteiger partial charge is 0.261 e. The molecular formula is C25H24Cl3N3O5S2. The van der Waals surface area contributed by atoms with Gasteiger partial charge in [-0.2, -0.15) is 0 Å². The van der Waals surface area contributed by atoms with Gasteiger partial charge < -0.3 is 5.32 Å². The zero-order chi connectivity index (χ0) is 27.5. The molecule has 3 aromatic rings. The molecule has 1 fully saturated rings. The Morgan fingerprint density at radius 1 is 0.921 bits per heavy atom. The van der Waals surface area contributed by atoms with Gasteiger partial charge >= 0.3 is 0 Å². The van der Waals surface area contributed by atoms with Gasteiger partial charge in [-0.3, -0.25) is 9.52 Å². The van der Waals surface area contributed by atoms with Crippen molar-refractivity contribution in [3.63, 3.8) is 0 Å². The number of benzene rings is 3. The van der Waals surface area contributed by atoms with Crippen molar-refractivity contribution in [3.8, 4) is 0 Å². The molecule has 0 unspecified atom stereocenters. The minimum atomic E-state index is -3.89. The van der Waals surface area contributed by atoms with Crippen LogP contribution in [0.5, 0.6) is 0 Å². The van der Waals surface area contributed by atoms with Gasteiger partial charge in [-0.05, 0) is 66.9 Å². The Morgan fingerprint density at radius 3 is 2.32 bits per heavy atom. The first-order valence-electron chi connectivity index (χ1n) is 11.5. The number of nitrogens with zero attached hydrogens (tertiary/aromatic N) is 1. The summed E-state index contributed by atoms with van der Waals surface area (Å²) >= 11 is 18.1. The third kappa shape index (κ3) is 6.99. The number of hydrogen-bond acceptors (Lipinski definition) is 5. The molecule has 3 aromatic carbocycles. The Morgan fingerprint density at radius 2 is 1.63 bits per heavy atom. The van der Waals surface area contributed by atoms with Gasteiger partial charge in [0.2, 0.25) is 15.9 Å². The van der Waals surface area contributed by atoms with Crippen LogP contribution in [0.15, 0.2) is 71.6 Å². The van der Waals surface area contributed by atoms with E-state index in [1.165, 1.54) is 34.6 Å². The number of carbonyl (C=O) groups is 1. The topological polar surface area (TPSA) is 113 Å². The summed E-state index contributed by atoms with van der Waals surface area (Å²) in [6, 6.07) is 16.8. The van der Waals surface area contributed by atoms with E-state index in [0.29, 0.717) is 35.7 Å². The fraction of sp³-hybridized carbons (Fsp3) is 0.240. The van der Waals surface area contributed by atoms with E-state index in [1.54, 1.807) is 36.4 Å². The minimum Gasteiger partial charge on any atom is -0.326 e. The van der Waals surface area contributed by atoms with Gasteiger partial charge in [0, 0.05) is 28.8 Å². The second kappa shape index (κ2) is 11.8. The van der Waals surface area contributed by atoms with Gasteiger partial charge in [-0.1, -0.05) is 53.0 Å². The zero-order valence-electron chi connectivity index (χ0n) is 19.9. The molecular weight excluding hydrogens is 593 g/mol. The van der Waals surface area contributed by atoms with E-state index in [-0.39, 0.29) is 38.8 Å². The molecule has 2 N–H and O–H groups in total. The van der Waals surface area contributed by atoms with E-state index in [2.05, 4.69) is 10.0 Å². The number of hydrogen-bond donors (Lipinski definition) is 2. The predicted molar refractivity (Wildman–Crippen MR) is 151 cm³/mol. The molecule has 0 bridgehead atoms. The van der Waals surface area contributed by atoms with Crippen LogP contribution in [0.3, 0.4) is 0 Å². The number of piperidine rings is 1. The van der Waals surface area contributed by atoms with Crippen molar-refractivity contribution in [1.29, 1.82) is 0 Å². The number of carbonyl (C=O) groups excluding carboxylic acids is 1. The maximum absolute atomic E-state index is 13.0. The number of para-hydroxylation sites is 1. The average molecular weight is 617 g/mol. The summed E-state index contributed by atoms with van der Waals surface area (Å²) in [5, 5.41) is 3.69. The van der Waals surface area contributed by atoms with E-state index in [4.69, 9.17) is 34.8 Å². The highest BCUT2D eigenvalue weighted by atomic mass is 35.5. The molecule has 1 aliphatic rings. The number of nitrogens with one attached hydrogen (secondary N) is 2. The third-order valence-electron chi connectivity index (χ3n) is 6.05. The lowest BCUT2D eigenvalue weighted by molar-refractivity contribution is -0.120. The highest BCUT2D eigenvalue weighted by molar-refractivity contribution is 7.92. The molecule has 1 atom stereocenters. The second-order valence-corrected chi connectivity index (χ2v) is 13.7. The van der Waals surface area contributed by atoms with Gasteiger partial charge in [0.25, 0.3) is 10.0 Å². The van der Waals surface area contributed by atoms with Crippen molar-refractivity contribution in [1.82, 2.24) is 4.31 Å². The Kier molecular flexibility index (Phi) is 8.91. The lowest BCUT2D eigenvalue weighted by Crippen LogP contribution is -2.44. The van der Waals surface area contributed by atoms with Crippen LogP contribution in [0.4, 0.5) is 11.4 Å². The van der Waals surface area contributed by atoms with Gasteiger partial charge in [-0.25, -0.2) is 21.1 Å². The Balaban J connectivity index is 1.39. The number of anilines is 2. The monoisotopic (exact) mass is 615 g/mol. The van der Waals surface area contributed by atoms with E-state index < -0.39 is 26.0 Å². The first-order valence-corrected chi connectivity index (χ1v) is 15.8.